The Labute approximate surface area is 161 Å². The summed E-state index contributed by atoms with van der Waals surface area (Å²) in [6.45, 7) is 4.87. The molecule has 5 heteroatoms. The van der Waals surface area contributed by atoms with Gasteiger partial charge < -0.3 is 9.64 Å². The highest BCUT2D eigenvalue weighted by Crippen LogP contribution is 2.39. The number of rotatable bonds is 4. The Morgan fingerprint density at radius 1 is 1.07 bits per heavy atom. The summed E-state index contributed by atoms with van der Waals surface area (Å²) in [6, 6.07) is 11.6. The lowest BCUT2D eigenvalue weighted by atomic mass is 9.79. The standard InChI is InChI=1S/C22H27N3O2/c1-27-20-5-3-19(4-6-20)21(26)25-13-2-9-22(17-25)10-14-24(16-22)15-18-7-11-23-12-8-18/h3-8,11-12H,2,9-10,13-17H2,1H3/t22-/m0/s1. The maximum absolute atomic E-state index is 13.0. The van der Waals surface area contributed by atoms with Crippen molar-refractivity contribution in [1.82, 2.24) is 14.8 Å². The number of hydrogen-bond acceptors (Lipinski definition) is 4. The number of ether oxygens (including phenoxy) is 1. The fourth-order valence-electron chi connectivity index (χ4n) is 4.54. The molecule has 0 N–H and O–H groups in total. The van der Waals surface area contributed by atoms with Crippen LogP contribution in [-0.4, -0.2) is 54.0 Å². The van der Waals surface area contributed by atoms with Gasteiger partial charge in [-0.2, -0.15) is 0 Å². The average Bonchev–Trinajstić information content (AvgIpc) is 3.09. The van der Waals surface area contributed by atoms with Crippen LogP contribution in [0.15, 0.2) is 48.8 Å². The molecule has 1 amide bonds. The number of methoxy groups -OCH3 is 1. The van der Waals surface area contributed by atoms with Gasteiger partial charge in [-0.05, 0) is 67.8 Å². The van der Waals surface area contributed by atoms with Crippen LogP contribution in [0.4, 0.5) is 0 Å². The summed E-state index contributed by atoms with van der Waals surface area (Å²) in [4.78, 5) is 21.7. The van der Waals surface area contributed by atoms with E-state index in [-0.39, 0.29) is 11.3 Å². The van der Waals surface area contributed by atoms with Crippen LogP contribution < -0.4 is 4.74 Å². The second-order valence-electron chi connectivity index (χ2n) is 7.87. The smallest absolute Gasteiger partial charge is 0.253 e. The summed E-state index contributed by atoms with van der Waals surface area (Å²) < 4.78 is 5.20. The SMILES string of the molecule is COc1ccc(C(=O)N2CCC[C@@]3(CCN(Cc4ccncc4)C3)C2)cc1. The van der Waals surface area contributed by atoms with Crippen LogP contribution in [0.25, 0.3) is 0 Å². The molecule has 142 valence electrons. The summed E-state index contributed by atoms with van der Waals surface area (Å²) >= 11 is 0. The zero-order valence-corrected chi connectivity index (χ0v) is 15.9. The number of nitrogens with zero attached hydrogens (tertiary/aromatic N) is 3. The van der Waals surface area contributed by atoms with E-state index in [2.05, 4.69) is 26.9 Å². The third kappa shape index (κ3) is 3.98. The molecular formula is C22H27N3O2. The van der Waals surface area contributed by atoms with E-state index in [1.165, 1.54) is 18.4 Å². The van der Waals surface area contributed by atoms with E-state index >= 15 is 0 Å². The second-order valence-corrected chi connectivity index (χ2v) is 7.87. The number of pyridine rings is 1. The lowest BCUT2D eigenvalue weighted by Crippen LogP contribution is -2.47. The number of amides is 1. The van der Waals surface area contributed by atoms with Gasteiger partial charge in [-0.1, -0.05) is 0 Å². The molecule has 1 aromatic carbocycles. The maximum atomic E-state index is 13.0. The molecule has 2 aliphatic heterocycles. The highest BCUT2D eigenvalue weighted by Gasteiger charge is 2.42. The molecule has 3 heterocycles. The number of piperidine rings is 1. The molecule has 2 saturated heterocycles. The first kappa shape index (κ1) is 18.0. The van der Waals surface area contributed by atoms with Gasteiger partial charge in [0.1, 0.15) is 5.75 Å². The van der Waals surface area contributed by atoms with Crippen LogP contribution in [0.2, 0.25) is 0 Å². The van der Waals surface area contributed by atoms with Crippen LogP contribution in [-0.2, 0) is 6.54 Å². The summed E-state index contributed by atoms with van der Waals surface area (Å²) in [5, 5.41) is 0. The Kier molecular flexibility index (Phi) is 5.12. The second kappa shape index (κ2) is 7.69. The first-order chi connectivity index (χ1) is 13.2. The van der Waals surface area contributed by atoms with Crippen molar-refractivity contribution in [3.05, 3.63) is 59.9 Å². The Hall–Kier alpha value is -2.40. The quantitative estimate of drug-likeness (QED) is 0.835. The molecule has 2 aliphatic rings. The normalized spacial score (nSPS) is 22.9. The van der Waals surface area contributed by atoms with Crippen molar-refractivity contribution in [2.75, 3.05) is 33.3 Å². The third-order valence-electron chi connectivity index (χ3n) is 5.96. The van der Waals surface area contributed by atoms with Crippen molar-refractivity contribution in [1.29, 1.82) is 0 Å². The molecule has 1 spiro atoms. The van der Waals surface area contributed by atoms with E-state index < -0.39 is 0 Å². The van der Waals surface area contributed by atoms with E-state index in [4.69, 9.17) is 4.74 Å². The van der Waals surface area contributed by atoms with Crippen molar-refractivity contribution < 1.29 is 9.53 Å². The molecular weight excluding hydrogens is 338 g/mol. The van der Waals surface area contributed by atoms with Gasteiger partial charge in [-0.25, -0.2) is 0 Å². The first-order valence-corrected chi connectivity index (χ1v) is 9.72. The predicted octanol–water partition coefficient (Wildman–Crippen LogP) is 3.22. The van der Waals surface area contributed by atoms with E-state index in [1.54, 1.807) is 7.11 Å². The largest absolute Gasteiger partial charge is 0.497 e. The van der Waals surface area contributed by atoms with Crippen molar-refractivity contribution in [3.63, 3.8) is 0 Å². The molecule has 0 radical (unpaired) electrons. The average molecular weight is 365 g/mol. The topological polar surface area (TPSA) is 45.7 Å². The molecule has 0 saturated carbocycles. The highest BCUT2D eigenvalue weighted by molar-refractivity contribution is 5.94. The predicted molar refractivity (Wildman–Crippen MR) is 105 cm³/mol. The number of aromatic nitrogens is 1. The summed E-state index contributed by atoms with van der Waals surface area (Å²) in [7, 11) is 1.64. The minimum Gasteiger partial charge on any atom is -0.497 e. The molecule has 2 aromatic rings. The maximum Gasteiger partial charge on any atom is 0.253 e. The van der Waals surface area contributed by atoms with Gasteiger partial charge >= 0.3 is 0 Å². The van der Waals surface area contributed by atoms with Crippen molar-refractivity contribution >= 4 is 5.91 Å². The number of carbonyl (C=O) groups is 1. The fraction of sp³-hybridized carbons (Fsp3) is 0.455. The number of carbonyl (C=O) groups excluding carboxylic acids is 1. The molecule has 27 heavy (non-hydrogen) atoms. The van der Waals surface area contributed by atoms with Gasteiger partial charge in [-0.3, -0.25) is 14.7 Å². The lowest BCUT2D eigenvalue weighted by Gasteiger charge is -2.40. The van der Waals surface area contributed by atoms with Crippen LogP contribution in [0, 0.1) is 5.41 Å². The molecule has 5 nitrogen and oxygen atoms in total. The number of benzene rings is 1. The Morgan fingerprint density at radius 3 is 2.59 bits per heavy atom. The van der Waals surface area contributed by atoms with Gasteiger partial charge in [-0.15, -0.1) is 0 Å². The van der Waals surface area contributed by atoms with Crippen molar-refractivity contribution in [3.8, 4) is 5.75 Å². The van der Waals surface area contributed by atoms with Crippen molar-refractivity contribution in [2.45, 2.75) is 25.8 Å². The van der Waals surface area contributed by atoms with Gasteiger partial charge in [0.2, 0.25) is 0 Å². The molecule has 0 aliphatic carbocycles. The van der Waals surface area contributed by atoms with Crippen LogP contribution >= 0.6 is 0 Å². The van der Waals surface area contributed by atoms with E-state index in [1.807, 2.05) is 36.7 Å². The zero-order chi connectivity index (χ0) is 18.7. The minimum atomic E-state index is 0.143. The van der Waals surface area contributed by atoms with Crippen LogP contribution in [0.1, 0.15) is 35.2 Å². The fourth-order valence-corrected chi connectivity index (χ4v) is 4.54. The molecule has 0 unspecified atom stereocenters. The number of hydrogen-bond donors (Lipinski definition) is 0. The molecule has 1 atom stereocenters. The molecule has 4 rings (SSSR count). The van der Waals surface area contributed by atoms with Crippen LogP contribution in [0.3, 0.4) is 0 Å². The monoisotopic (exact) mass is 365 g/mol. The zero-order valence-electron chi connectivity index (χ0n) is 15.9. The number of likely N-dealkylation sites (tertiary alicyclic amines) is 2. The van der Waals surface area contributed by atoms with Gasteiger partial charge in [0, 0.05) is 49.6 Å². The molecule has 1 aromatic heterocycles. The third-order valence-corrected chi connectivity index (χ3v) is 5.96. The summed E-state index contributed by atoms with van der Waals surface area (Å²) in [5.41, 5.74) is 2.30. The molecule has 2 fully saturated rings. The lowest BCUT2D eigenvalue weighted by molar-refractivity contribution is 0.0527. The molecule has 0 bridgehead atoms. The van der Waals surface area contributed by atoms with Gasteiger partial charge in [0.25, 0.3) is 5.91 Å². The van der Waals surface area contributed by atoms with E-state index in [0.29, 0.717) is 0 Å². The van der Waals surface area contributed by atoms with E-state index in [0.717, 1.165) is 50.5 Å². The highest BCUT2D eigenvalue weighted by atomic mass is 16.5. The van der Waals surface area contributed by atoms with Gasteiger partial charge in [0.15, 0.2) is 0 Å². The van der Waals surface area contributed by atoms with Gasteiger partial charge in [0.05, 0.1) is 7.11 Å². The Bertz CT molecular complexity index is 778. The Balaban J connectivity index is 1.41. The minimum absolute atomic E-state index is 0.143. The summed E-state index contributed by atoms with van der Waals surface area (Å²) in [5.74, 6) is 0.925. The Morgan fingerprint density at radius 2 is 1.85 bits per heavy atom. The van der Waals surface area contributed by atoms with Crippen molar-refractivity contribution in [2.24, 2.45) is 5.41 Å². The van der Waals surface area contributed by atoms with E-state index in [9.17, 15) is 4.79 Å². The van der Waals surface area contributed by atoms with Crippen LogP contribution in [0.5, 0.6) is 5.75 Å². The first-order valence-electron chi connectivity index (χ1n) is 9.72. The summed E-state index contributed by atoms with van der Waals surface area (Å²) in [6.07, 6.45) is 7.19.